The Balaban J connectivity index is 1.18. The molecule has 16 bridgehead atoms. The molecule has 5 aliphatic rings. The summed E-state index contributed by atoms with van der Waals surface area (Å²) in [6, 6.07) is 28.0. The van der Waals surface area contributed by atoms with Crippen LogP contribution in [-0.2, 0) is 56.8 Å². The predicted molar refractivity (Wildman–Crippen MR) is 410 cm³/mol. The van der Waals surface area contributed by atoms with Gasteiger partial charge < -0.3 is 24.7 Å². The summed E-state index contributed by atoms with van der Waals surface area (Å²) in [4.78, 5) is 39.7. The van der Waals surface area contributed by atoms with E-state index in [2.05, 4.69) is 217 Å². The van der Waals surface area contributed by atoms with Crippen LogP contribution in [0.2, 0.25) is 0 Å². The smallest absolute Gasteiger partial charge is 0.139 e. The second-order valence-electron chi connectivity index (χ2n) is 27.2. The van der Waals surface area contributed by atoms with Crippen LogP contribution in [0.4, 0.5) is 0 Å². The van der Waals surface area contributed by atoms with Crippen LogP contribution in [-0.4, -0.2) is 39.9 Å². The minimum Gasteiger partial charge on any atom is -0.455 e. The Bertz CT molecular complexity index is 4700. The zero-order valence-electron chi connectivity index (χ0n) is 60.9. The number of aromatic nitrogens is 8. The lowest BCUT2D eigenvalue weighted by atomic mass is 9.73. The molecule has 0 atom stereocenters. The molecule has 13 rings (SSSR count). The van der Waals surface area contributed by atoms with Gasteiger partial charge >= 0.3 is 0 Å². The number of hydrogen-bond donors (Lipinski definition) is 4. The average molecular weight is 1280 g/mol. The molecule has 2 aromatic carbocycles. The Morgan fingerprint density at radius 2 is 0.542 bits per heavy atom. The fourth-order valence-electron chi connectivity index (χ4n) is 17.8. The van der Waals surface area contributed by atoms with Crippen molar-refractivity contribution in [3.63, 3.8) is 0 Å². The minimum atomic E-state index is -0.517. The Morgan fingerprint density at radius 3 is 0.812 bits per heavy atom. The van der Waals surface area contributed by atoms with Crippen LogP contribution in [0.15, 0.2) is 72.8 Å². The molecule has 4 N–H and O–H groups in total. The summed E-state index contributed by atoms with van der Waals surface area (Å²) >= 11 is 0. The second kappa shape index (κ2) is 26.5. The first-order valence-corrected chi connectivity index (χ1v) is 37.1. The predicted octanol–water partition coefficient (Wildman–Crippen LogP) is 24.1. The van der Waals surface area contributed by atoms with Crippen molar-refractivity contribution < 1.29 is 4.74 Å². The van der Waals surface area contributed by atoms with Gasteiger partial charge in [-0.25, -0.2) is 19.9 Å². The molecule has 11 heterocycles. The molecule has 8 aromatic rings. The Kier molecular flexibility index (Phi) is 18.2. The van der Waals surface area contributed by atoms with Crippen LogP contribution in [0.3, 0.4) is 0 Å². The van der Waals surface area contributed by atoms with Crippen LogP contribution < -0.4 is 4.74 Å². The fraction of sp³-hybridized carbons (Fsp3) is 0.402. The number of hydrogen-bond acceptors (Lipinski definition) is 5. The van der Waals surface area contributed by atoms with Crippen LogP contribution >= 0.6 is 0 Å². The van der Waals surface area contributed by atoms with Gasteiger partial charge in [0.1, 0.15) is 11.5 Å². The van der Waals surface area contributed by atoms with E-state index in [0.717, 1.165) is 237 Å². The summed E-state index contributed by atoms with van der Waals surface area (Å²) in [5.41, 5.74) is 44.2. The minimum absolute atomic E-state index is 0.517. The van der Waals surface area contributed by atoms with E-state index < -0.39 is 5.41 Å². The van der Waals surface area contributed by atoms with Gasteiger partial charge in [0.2, 0.25) is 0 Å². The number of aryl methyl sites for hydroxylation is 8. The molecule has 0 fully saturated rings. The van der Waals surface area contributed by atoms with Gasteiger partial charge in [0, 0.05) is 71.9 Å². The molecule has 9 nitrogen and oxygen atoms in total. The van der Waals surface area contributed by atoms with E-state index >= 15 is 0 Å². The zero-order chi connectivity index (χ0) is 67.8. The van der Waals surface area contributed by atoms with Crippen molar-refractivity contribution in [2.75, 3.05) is 0 Å². The number of para-hydroxylation sites is 2. The van der Waals surface area contributed by atoms with Crippen LogP contribution in [0, 0.1) is 0 Å². The number of H-pyrrole nitrogens is 4. The molecule has 0 unspecified atom stereocenters. The molecule has 0 saturated carbocycles. The summed E-state index contributed by atoms with van der Waals surface area (Å²) in [7, 11) is 0. The van der Waals surface area contributed by atoms with Gasteiger partial charge in [-0.1, -0.05) is 161 Å². The molecule has 0 spiro atoms. The van der Waals surface area contributed by atoms with Crippen molar-refractivity contribution in [2.45, 2.75) is 233 Å². The van der Waals surface area contributed by atoms with Gasteiger partial charge in [-0.05, 0) is 228 Å². The van der Waals surface area contributed by atoms with E-state index in [-0.39, 0.29) is 0 Å². The maximum atomic E-state index is 8.18. The summed E-state index contributed by atoms with van der Waals surface area (Å²) in [6.45, 7) is 41.7. The Labute approximate surface area is 570 Å². The highest BCUT2D eigenvalue weighted by Gasteiger charge is 2.40. The molecule has 96 heavy (non-hydrogen) atoms. The zero-order valence-corrected chi connectivity index (χ0v) is 60.9. The highest BCUT2D eigenvalue weighted by Crippen LogP contribution is 2.57. The SMILES string of the molecule is CCC1=C(CC)c2cc3[nH]c(c(CC)c3CC)c(-c3cccc4c3Oc3c(-c5c6nc(cc7[nH]c(cc8nc(cc9[nH]c5c(CC)c9CC)C(CC)=C8CC)c(CC)c7CC)C(CC)=C6CC)cccc3C4(C)C)c3nc(cc4[nH]c(cc1n2)c(CC)c4CC)C(CC)=C3CC. The monoisotopic (exact) mass is 1270 g/mol. The van der Waals surface area contributed by atoms with E-state index in [9.17, 15) is 0 Å². The van der Waals surface area contributed by atoms with E-state index in [1.165, 1.54) is 89.1 Å². The van der Waals surface area contributed by atoms with Crippen molar-refractivity contribution in [3.05, 3.63) is 174 Å². The standard InChI is InChI=1S/C87H102N8O/c1-19-47-51(23-5)71-43-75-55(27-9)59(31-13)81(92-75)79(82-60(32-14)56(28-10)76(93-82)44-72-52(24-6)48(20-2)68(89-72)41-67(47)88-71)63-37-35-39-65-85(63)96-86-64(38-36-40-66(86)87(65,17)18)80-83-61(33-15)57(29-11)77(94-83)45-73-53(25-7)49(21-3)69(90-73)42-70-50(22-4)54(26-8)74(91-70)46-78-58(30-12)62(34-16)84(80)95-78/h35-46,88,90,93,95H,19-34H2,1-18H3. The van der Waals surface area contributed by atoms with Crippen molar-refractivity contribution in [1.29, 1.82) is 0 Å². The van der Waals surface area contributed by atoms with Crippen molar-refractivity contribution in [1.82, 2.24) is 39.9 Å². The van der Waals surface area contributed by atoms with E-state index in [1.807, 2.05) is 0 Å². The normalized spacial score (nSPS) is 14.4. The van der Waals surface area contributed by atoms with Crippen molar-refractivity contribution >= 4 is 88.7 Å². The average Bonchev–Trinajstić information content (AvgIpc) is 1.05. The lowest BCUT2D eigenvalue weighted by Gasteiger charge is -2.37. The topological polar surface area (TPSA) is 124 Å². The van der Waals surface area contributed by atoms with Gasteiger partial charge in [0.15, 0.2) is 0 Å². The van der Waals surface area contributed by atoms with Crippen molar-refractivity contribution in [2.24, 2.45) is 0 Å². The molecule has 6 aromatic heterocycles. The van der Waals surface area contributed by atoms with Gasteiger partial charge in [0.25, 0.3) is 0 Å². The maximum absolute atomic E-state index is 8.18. The van der Waals surface area contributed by atoms with E-state index in [1.54, 1.807) is 0 Å². The van der Waals surface area contributed by atoms with Gasteiger partial charge in [-0.3, -0.25) is 0 Å². The number of nitrogens with one attached hydrogen (secondary N) is 4. The molecule has 0 saturated heterocycles. The molecule has 496 valence electrons. The lowest BCUT2D eigenvalue weighted by Crippen LogP contribution is -2.25. The first-order chi connectivity index (χ1) is 46.6. The van der Waals surface area contributed by atoms with Gasteiger partial charge in [-0.2, -0.15) is 0 Å². The second-order valence-corrected chi connectivity index (χ2v) is 27.2. The number of ether oxygens (including phenoxy) is 1. The molecule has 0 aliphatic carbocycles. The molecule has 5 aliphatic heterocycles. The highest BCUT2D eigenvalue weighted by molar-refractivity contribution is 6.06. The molecular formula is C87H102N8O. The molecule has 0 radical (unpaired) electrons. The third-order valence-corrected chi connectivity index (χ3v) is 22.3. The first kappa shape index (κ1) is 66.1. The first-order valence-electron chi connectivity index (χ1n) is 37.1. The highest BCUT2D eigenvalue weighted by atomic mass is 16.5. The quantitative estimate of drug-likeness (QED) is 0.0681. The molecule has 9 heteroatoms. The fourth-order valence-corrected chi connectivity index (χ4v) is 17.8. The Hall–Kier alpha value is -8.56. The largest absolute Gasteiger partial charge is 0.455 e. The Morgan fingerprint density at radius 1 is 0.292 bits per heavy atom. The summed E-state index contributed by atoms with van der Waals surface area (Å²) < 4.78 is 8.18. The maximum Gasteiger partial charge on any atom is 0.139 e. The number of nitrogens with zero attached hydrogens (tertiary/aromatic N) is 4. The molecular weight excluding hydrogens is 1170 g/mol. The number of allylic oxidation sites excluding steroid dienone is 8. The van der Waals surface area contributed by atoms with Gasteiger partial charge in [-0.15, -0.1) is 0 Å². The summed E-state index contributed by atoms with van der Waals surface area (Å²) in [6.07, 6.45) is 13.9. The van der Waals surface area contributed by atoms with Crippen molar-refractivity contribution in [3.8, 4) is 33.8 Å². The van der Waals surface area contributed by atoms with Crippen LogP contribution in [0.1, 0.15) is 277 Å². The van der Waals surface area contributed by atoms with E-state index in [0.29, 0.717) is 0 Å². The third kappa shape index (κ3) is 10.3. The number of fused-ring (bicyclic) bond motifs is 18. The summed E-state index contributed by atoms with van der Waals surface area (Å²) in [5.74, 6) is 1.72. The number of rotatable bonds is 18. The van der Waals surface area contributed by atoms with Crippen LogP contribution in [0.5, 0.6) is 11.5 Å². The third-order valence-electron chi connectivity index (χ3n) is 22.3. The van der Waals surface area contributed by atoms with Crippen LogP contribution in [0.25, 0.3) is 111 Å². The van der Waals surface area contributed by atoms with Gasteiger partial charge in [0.05, 0.1) is 56.6 Å². The lowest BCUT2D eigenvalue weighted by molar-refractivity contribution is 0.421. The molecule has 0 amide bonds. The number of aromatic amines is 4. The summed E-state index contributed by atoms with van der Waals surface area (Å²) in [5, 5.41) is 0. The van der Waals surface area contributed by atoms with E-state index in [4.69, 9.17) is 24.7 Å². The number of benzene rings is 2.